The number of amides is 1. The van der Waals surface area contributed by atoms with Gasteiger partial charge >= 0.3 is 0 Å². The molecule has 3 rings (SSSR count). The molecule has 0 saturated carbocycles. The second-order valence-electron chi connectivity index (χ2n) is 6.09. The molecular weight excluding hydrogens is 314 g/mol. The molecule has 1 saturated heterocycles. The molecule has 1 amide bonds. The van der Waals surface area contributed by atoms with Gasteiger partial charge in [0.15, 0.2) is 0 Å². The normalized spacial score (nSPS) is 18.1. The molecule has 2 N–H and O–H groups in total. The van der Waals surface area contributed by atoms with Crippen LogP contribution in [-0.4, -0.2) is 28.8 Å². The first-order chi connectivity index (χ1) is 11.5. The van der Waals surface area contributed by atoms with Crippen molar-refractivity contribution in [3.8, 4) is 0 Å². The second kappa shape index (κ2) is 6.68. The topological polar surface area (TPSA) is 59.0 Å². The largest absolute Gasteiger partial charge is 0.347 e. The van der Waals surface area contributed by atoms with Crippen LogP contribution >= 0.6 is 0 Å². The maximum absolute atomic E-state index is 13.9. The molecule has 2 aromatic rings. The number of benzene rings is 1. The van der Waals surface area contributed by atoms with Gasteiger partial charge in [-0.2, -0.15) is 5.10 Å². The van der Waals surface area contributed by atoms with Crippen LogP contribution < -0.4 is 10.6 Å². The number of nitrogens with zero attached hydrogens (tertiary/aromatic N) is 2. The highest BCUT2D eigenvalue weighted by molar-refractivity contribution is 5.85. The van der Waals surface area contributed by atoms with E-state index < -0.39 is 23.2 Å². The number of halogens is 2. The summed E-state index contributed by atoms with van der Waals surface area (Å²) in [5.74, 6) is -1.51. The summed E-state index contributed by atoms with van der Waals surface area (Å²) in [6.45, 7) is 3.09. The Morgan fingerprint density at radius 2 is 2.12 bits per heavy atom. The standard InChI is InChI=1S/C17H20F2N4O/c1-12(14-4-3-13(18)11-15(14)19)22-16(24)17(5-8-20-9-6-17)23-10-2-7-21-23/h2-4,7,10-12,20H,5-6,8-9H2,1H3,(H,22,24). The average Bonchev–Trinajstić information content (AvgIpc) is 3.10. The molecule has 0 bridgehead atoms. The van der Waals surface area contributed by atoms with Crippen LogP contribution in [0.25, 0.3) is 0 Å². The molecule has 0 aliphatic carbocycles. The zero-order valence-electron chi connectivity index (χ0n) is 13.4. The van der Waals surface area contributed by atoms with Gasteiger partial charge in [-0.05, 0) is 45.0 Å². The van der Waals surface area contributed by atoms with Gasteiger partial charge in [0, 0.05) is 24.0 Å². The van der Waals surface area contributed by atoms with E-state index in [0.29, 0.717) is 25.9 Å². The third kappa shape index (κ3) is 3.03. The van der Waals surface area contributed by atoms with E-state index in [0.717, 1.165) is 6.07 Å². The van der Waals surface area contributed by atoms with Gasteiger partial charge in [0.1, 0.15) is 17.2 Å². The SMILES string of the molecule is CC(NC(=O)C1(n2cccn2)CCNCC1)c1ccc(F)cc1F. The molecule has 1 unspecified atom stereocenters. The Labute approximate surface area is 139 Å². The predicted molar refractivity (Wildman–Crippen MR) is 85.2 cm³/mol. The van der Waals surface area contributed by atoms with Crippen molar-refractivity contribution in [3.63, 3.8) is 0 Å². The van der Waals surface area contributed by atoms with Crippen LogP contribution in [-0.2, 0) is 10.3 Å². The van der Waals surface area contributed by atoms with Crippen LogP contribution in [0.4, 0.5) is 8.78 Å². The molecule has 1 fully saturated rings. The molecule has 5 nitrogen and oxygen atoms in total. The van der Waals surface area contributed by atoms with E-state index in [2.05, 4.69) is 15.7 Å². The van der Waals surface area contributed by atoms with Crippen molar-refractivity contribution in [1.82, 2.24) is 20.4 Å². The Balaban J connectivity index is 1.83. The number of carbonyl (C=O) groups is 1. The zero-order chi connectivity index (χ0) is 17.2. The summed E-state index contributed by atoms with van der Waals surface area (Å²) in [6.07, 6.45) is 4.60. The van der Waals surface area contributed by atoms with Crippen molar-refractivity contribution < 1.29 is 13.6 Å². The Bertz CT molecular complexity index is 711. The van der Waals surface area contributed by atoms with Crippen LogP contribution in [0.15, 0.2) is 36.7 Å². The van der Waals surface area contributed by atoms with Gasteiger partial charge in [-0.25, -0.2) is 8.78 Å². The van der Waals surface area contributed by atoms with Crippen LogP contribution in [0.2, 0.25) is 0 Å². The first-order valence-electron chi connectivity index (χ1n) is 8.00. The van der Waals surface area contributed by atoms with Crippen LogP contribution in [0.3, 0.4) is 0 Å². The highest BCUT2D eigenvalue weighted by Gasteiger charge is 2.42. The molecule has 1 aliphatic heterocycles. The monoisotopic (exact) mass is 334 g/mol. The molecule has 7 heteroatoms. The van der Waals surface area contributed by atoms with E-state index in [-0.39, 0.29) is 11.5 Å². The molecule has 128 valence electrons. The number of nitrogens with one attached hydrogen (secondary N) is 2. The Kier molecular flexibility index (Phi) is 4.62. The molecule has 2 heterocycles. The van der Waals surface area contributed by atoms with Crippen molar-refractivity contribution in [3.05, 3.63) is 53.9 Å². The van der Waals surface area contributed by atoms with E-state index in [4.69, 9.17) is 0 Å². The molecule has 1 aliphatic rings. The summed E-state index contributed by atoms with van der Waals surface area (Å²) in [7, 11) is 0. The van der Waals surface area contributed by atoms with E-state index in [9.17, 15) is 13.6 Å². The molecule has 0 spiro atoms. The van der Waals surface area contributed by atoms with Crippen LogP contribution in [0, 0.1) is 11.6 Å². The van der Waals surface area contributed by atoms with Gasteiger partial charge in [0.2, 0.25) is 5.91 Å². The summed E-state index contributed by atoms with van der Waals surface area (Å²) < 4.78 is 28.7. The molecular formula is C17H20F2N4O. The first-order valence-corrected chi connectivity index (χ1v) is 8.00. The fraction of sp³-hybridized carbons (Fsp3) is 0.412. The van der Waals surface area contributed by atoms with Crippen molar-refractivity contribution in [1.29, 1.82) is 0 Å². The lowest BCUT2D eigenvalue weighted by atomic mass is 9.87. The van der Waals surface area contributed by atoms with Crippen molar-refractivity contribution in [2.24, 2.45) is 0 Å². The fourth-order valence-corrected chi connectivity index (χ4v) is 3.18. The van der Waals surface area contributed by atoms with E-state index in [1.165, 1.54) is 12.1 Å². The Hall–Kier alpha value is -2.28. The Morgan fingerprint density at radius 1 is 1.38 bits per heavy atom. The number of hydrogen-bond donors (Lipinski definition) is 2. The summed E-state index contributed by atoms with van der Waals surface area (Å²) in [6, 6.07) is 4.58. The fourth-order valence-electron chi connectivity index (χ4n) is 3.18. The highest BCUT2D eigenvalue weighted by Crippen LogP contribution is 2.28. The van der Waals surface area contributed by atoms with Gasteiger partial charge in [-0.3, -0.25) is 9.48 Å². The lowest BCUT2D eigenvalue weighted by molar-refractivity contribution is -0.132. The zero-order valence-corrected chi connectivity index (χ0v) is 13.4. The lowest BCUT2D eigenvalue weighted by Crippen LogP contribution is -2.55. The summed E-state index contributed by atoms with van der Waals surface area (Å²) in [5.41, 5.74) is -0.534. The maximum atomic E-state index is 13.9. The molecule has 0 radical (unpaired) electrons. The van der Waals surface area contributed by atoms with Crippen molar-refractivity contribution in [2.45, 2.75) is 31.3 Å². The minimum atomic E-state index is -0.792. The number of hydrogen-bond acceptors (Lipinski definition) is 3. The van der Waals surface area contributed by atoms with Crippen molar-refractivity contribution in [2.75, 3.05) is 13.1 Å². The van der Waals surface area contributed by atoms with Gasteiger partial charge in [-0.15, -0.1) is 0 Å². The number of rotatable bonds is 4. The summed E-state index contributed by atoms with van der Waals surface area (Å²) in [5, 5.41) is 10.3. The summed E-state index contributed by atoms with van der Waals surface area (Å²) in [4.78, 5) is 13.0. The quantitative estimate of drug-likeness (QED) is 0.900. The highest BCUT2D eigenvalue weighted by atomic mass is 19.1. The number of aromatic nitrogens is 2. The van der Waals surface area contributed by atoms with Gasteiger partial charge in [-0.1, -0.05) is 6.07 Å². The Morgan fingerprint density at radius 3 is 2.75 bits per heavy atom. The average molecular weight is 334 g/mol. The first kappa shape index (κ1) is 16.6. The minimum absolute atomic E-state index is 0.205. The third-order valence-corrected chi connectivity index (χ3v) is 4.57. The van der Waals surface area contributed by atoms with Gasteiger partial charge in [0.25, 0.3) is 0 Å². The number of piperidine rings is 1. The van der Waals surface area contributed by atoms with Crippen LogP contribution in [0.5, 0.6) is 0 Å². The van der Waals surface area contributed by atoms with Gasteiger partial charge in [0.05, 0.1) is 6.04 Å². The number of carbonyl (C=O) groups excluding carboxylic acids is 1. The minimum Gasteiger partial charge on any atom is -0.347 e. The third-order valence-electron chi connectivity index (χ3n) is 4.57. The molecule has 24 heavy (non-hydrogen) atoms. The van der Waals surface area contributed by atoms with E-state index in [1.54, 1.807) is 30.1 Å². The summed E-state index contributed by atoms with van der Waals surface area (Å²) >= 11 is 0. The van der Waals surface area contributed by atoms with Crippen molar-refractivity contribution >= 4 is 5.91 Å². The maximum Gasteiger partial charge on any atom is 0.248 e. The second-order valence-corrected chi connectivity index (χ2v) is 6.09. The van der Waals surface area contributed by atoms with E-state index in [1.807, 2.05) is 0 Å². The van der Waals surface area contributed by atoms with Gasteiger partial charge < -0.3 is 10.6 Å². The molecule has 1 aromatic carbocycles. The molecule has 1 aromatic heterocycles. The predicted octanol–water partition coefficient (Wildman–Crippen LogP) is 2.12. The van der Waals surface area contributed by atoms with E-state index >= 15 is 0 Å². The molecule has 1 atom stereocenters. The van der Waals surface area contributed by atoms with Crippen LogP contribution in [0.1, 0.15) is 31.4 Å². The lowest BCUT2D eigenvalue weighted by Gasteiger charge is -2.37. The smallest absolute Gasteiger partial charge is 0.248 e.